The topological polar surface area (TPSA) is 41.1 Å². The molecule has 1 N–H and O–H groups in total. The number of hydrogen-bond acceptors (Lipinski definition) is 4. The van der Waals surface area contributed by atoms with E-state index in [1.165, 1.54) is 0 Å². The normalized spacial score (nSPS) is 10.9. The highest BCUT2D eigenvalue weighted by molar-refractivity contribution is 5.36. The van der Waals surface area contributed by atoms with Crippen molar-refractivity contribution >= 4 is 5.82 Å². The van der Waals surface area contributed by atoms with Crippen molar-refractivity contribution in [1.29, 1.82) is 0 Å². The monoisotopic (exact) mass is 236 g/mol. The molecule has 0 spiro atoms. The maximum Gasteiger partial charge on any atom is 0.147 e. The second-order valence-corrected chi connectivity index (χ2v) is 4.42. The zero-order valence-electron chi connectivity index (χ0n) is 11.4. The van der Waals surface area contributed by atoms with Crippen molar-refractivity contribution in [3.63, 3.8) is 0 Å². The number of hydrogen-bond donors (Lipinski definition) is 1. The molecule has 0 amide bonds. The molecule has 96 valence electrons. The van der Waals surface area contributed by atoms with Gasteiger partial charge in [-0.25, -0.2) is 4.98 Å². The lowest BCUT2D eigenvalue weighted by Gasteiger charge is -2.25. The van der Waals surface area contributed by atoms with Crippen LogP contribution in [0.4, 0.5) is 5.82 Å². The predicted molar refractivity (Wildman–Crippen MR) is 72.2 cm³/mol. The molecular weight excluding hydrogens is 212 g/mol. The van der Waals surface area contributed by atoms with Crippen molar-refractivity contribution in [1.82, 2.24) is 15.3 Å². The van der Waals surface area contributed by atoms with Crippen LogP contribution in [0.5, 0.6) is 0 Å². The van der Waals surface area contributed by atoms with Crippen molar-refractivity contribution in [2.45, 2.75) is 46.7 Å². The first kappa shape index (κ1) is 13.9. The van der Waals surface area contributed by atoms with E-state index in [0.29, 0.717) is 6.04 Å². The van der Waals surface area contributed by atoms with Crippen LogP contribution in [0.25, 0.3) is 0 Å². The molecule has 0 fully saturated rings. The molecule has 17 heavy (non-hydrogen) atoms. The summed E-state index contributed by atoms with van der Waals surface area (Å²) < 4.78 is 0. The Hall–Kier alpha value is -1.16. The van der Waals surface area contributed by atoms with Crippen LogP contribution in [0.3, 0.4) is 0 Å². The van der Waals surface area contributed by atoms with Crippen molar-refractivity contribution in [3.05, 3.63) is 18.1 Å². The van der Waals surface area contributed by atoms with E-state index < -0.39 is 0 Å². The number of anilines is 1. The molecule has 0 bridgehead atoms. The lowest BCUT2D eigenvalue weighted by Crippen LogP contribution is -2.31. The van der Waals surface area contributed by atoms with Crippen LogP contribution in [0, 0.1) is 0 Å². The average molecular weight is 236 g/mol. The summed E-state index contributed by atoms with van der Waals surface area (Å²) in [5.74, 6) is 0.960. The second kappa shape index (κ2) is 7.22. The van der Waals surface area contributed by atoms with Crippen LogP contribution in [0.15, 0.2) is 12.4 Å². The highest BCUT2D eigenvalue weighted by Gasteiger charge is 2.09. The SMILES string of the molecule is CCCNCc1cnc(N(CC)C(C)C)cn1. The van der Waals surface area contributed by atoms with Gasteiger partial charge < -0.3 is 10.2 Å². The van der Waals surface area contributed by atoms with Crippen molar-refractivity contribution in [2.24, 2.45) is 0 Å². The molecule has 4 heteroatoms. The van der Waals surface area contributed by atoms with Gasteiger partial charge in [0, 0.05) is 19.1 Å². The summed E-state index contributed by atoms with van der Waals surface area (Å²) in [6.07, 6.45) is 4.87. The highest BCUT2D eigenvalue weighted by Crippen LogP contribution is 2.11. The van der Waals surface area contributed by atoms with Gasteiger partial charge in [-0.2, -0.15) is 0 Å². The van der Waals surface area contributed by atoms with Crippen molar-refractivity contribution in [3.8, 4) is 0 Å². The smallest absolute Gasteiger partial charge is 0.147 e. The molecule has 0 aromatic carbocycles. The number of rotatable bonds is 7. The lowest BCUT2D eigenvalue weighted by atomic mass is 10.3. The Balaban J connectivity index is 2.60. The summed E-state index contributed by atoms with van der Waals surface area (Å²) in [5, 5.41) is 3.32. The van der Waals surface area contributed by atoms with E-state index in [2.05, 4.69) is 47.9 Å². The first-order valence-corrected chi connectivity index (χ1v) is 6.47. The first-order chi connectivity index (χ1) is 8.19. The maximum atomic E-state index is 4.47. The number of nitrogens with zero attached hydrogens (tertiary/aromatic N) is 3. The zero-order chi connectivity index (χ0) is 12.7. The van der Waals surface area contributed by atoms with Gasteiger partial charge >= 0.3 is 0 Å². The summed E-state index contributed by atoms with van der Waals surface area (Å²) in [5.41, 5.74) is 1.00. The van der Waals surface area contributed by atoms with Gasteiger partial charge in [0.2, 0.25) is 0 Å². The third kappa shape index (κ3) is 4.30. The van der Waals surface area contributed by atoms with E-state index in [1.807, 2.05) is 12.4 Å². The van der Waals surface area contributed by atoms with E-state index in [0.717, 1.165) is 37.6 Å². The number of nitrogens with one attached hydrogen (secondary N) is 1. The summed E-state index contributed by atoms with van der Waals surface area (Å²) in [4.78, 5) is 11.1. The van der Waals surface area contributed by atoms with Crippen LogP contribution in [0.1, 0.15) is 39.8 Å². The molecule has 0 radical (unpaired) electrons. The van der Waals surface area contributed by atoms with Crippen molar-refractivity contribution in [2.75, 3.05) is 18.0 Å². The Morgan fingerprint density at radius 3 is 2.47 bits per heavy atom. The fraction of sp³-hybridized carbons (Fsp3) is 0.692. The molecule has 0 atom stereocenters. The summed E-state index contributed by atoms with van der Waals surface area (Å²) >= 11 is 0. The average Bonchev–Trinajstić information content (AvgIpc) is 2.32. The van der Waals surface area contributed by atoms with Crippen LogP contribution >= 0.6 is 0 Å². The van der Waals surface area contributed by atoms with Crippen LogP contribution in [0.2, 0.25) is 0 Å². The molecule has 0 aliphatic rings. The molecule has 0 saturated heterocycles. The largest absolute Gasteiger partial charge is 0.353 e. The standard InChI is InChI=1S/C13H24N4/c1-5-7-14-8-12-9-16-13(10-15-12)17(6-2)11(3)4/h9-11,14H,5-8H2,1-4H3. The second-order valence-electron chi connectivity index (χ2n) is 4.42. The Kier molecular flexibility index (Phi) is 5.91. The van der Waals surface area contributed by atoms with E-state index in [4.69, 9.17) is 0 Å². The molecule has 0 saturated carbocycles. The van der Waals surface area contributed by atoms with Gasteiger partial charge in [-0.3, -0.25) is 4.98 Å². The van der Waals surface area contributed by atoms with Gasteiger partial charge in [-0.05, 0) is 33.7 Å². The Bertz CT molecular complexity index is 308. The van der Waals surface area contributed by atoms with Gasteiger partial charge in [0.1, 0.15) is 5.82 Å². The minimum atomic E-state index is 0.457. The minimum absolute atomic E-state index is 0.457. The van der Waals surface area contributed by atoms with E-state index >= 15 is 0 Å². The predicted octanol–water partition coefficient (Wildman–Crippen LogP) is 2.21. The highest BCUT2D eigenvalue weighted by atomic mass is 15.2. The molecule has 4 nitrogen and oxygen atoms in total. The Morgan fingerprint density at radius 2 is 2.00 bits per heavy atom. The van der Waals surface area contributed by atoms with Gasteiger partial charge in [0.25, 0.3) is 0 Å². The molecule has 0 unspecified atom stereocenters. The van der Waals surface area contributed by atoms with E-state index in [-0.39, 0.29) is 0 Å². The lowest BCUT2D eigenvalue weighted by molar-refractivity contribution is 0.657. The zero-order valence-corrected chi connectivity index (χ0v) is 11.4. The molecule has 1 rings (SSSR count). The molecule has 1 heterocycles. The number of aromatic nitrogens is 2. The fourth-order valence-corrected chi connectivity index (χ4v) is 1.77. The summed E-state index contributed by atoms with van der Waals surface area (Å²) in [7, 11) is 0. The van der Waals surface area contributed by atoms with Gasteiger partial charge in [-0.1, -0.05) is 6.92 Å². The van der Waals surface area contributed by atoms with Crippen molar-refractivity contribution < 1.29 is 0 Å². The fourth-order valence-electron chi connectivity index (χ4n) is 1.77. The molecular formula is C13H24N4. The van der Waals surface area contributed by atoms with E-state index in [1.54, 1.807) is 0 Å². The summed E-state index contributed by atoms with van der Waals surface area (Å²) in [6, 6.07) is 0.457. The van der Waals surface area contributed by atoms with Crippen LogP contribution in [-0.4, -0.2) is 29.1 Å². The van der Waals surface area contributed by atoms with Gasteiger partial charge in [-0.15, -0.1) is 0 Å². The first-order valence-electron chi connectivity index (χ1n) is 6.47. The quantitative estimate of drug-likeness (QED) is 0.737. The third-order valence-electron chi connectivity index (χ3n) is 2.68. The van der Waals surface area contributed by atoms with E-state index in [9.17, 15) is 0 Å². The third-order valence-corrected chi connectivity index (χ3v) is 2.68. The molecule has 0 aliphatic carbocycles. The van der Waals surface area contributed by atoms with Gasteiger partial charge in [0.05, 0.1) is 18.1 Å². The molecule has 0 aliphatic heterocycles. The summed E-state index contributed by atoms with van der Waals surface area (Å²) in [6.45, 7) is 11.4. The molecule has 1 aromatic rings. The Labute approximate surface area is 104 Å². The maximum absolute atomic E-state index is 4.47. The van der Waals surface area contributed by atoms with Crippen LogP contribution in [-0.2, 0) is 6.54 Å². The minimum Gasteiger partial charge on any atom is -0.353 e. The molecule has 1 aromatic heterocycles. The Morgan fingerprint density at radius 1 is 1.24 bits per heavy atom. The van der Waals surface area contributed by atoms with Gasteiger partial charge in [0.15, 0.2) is 0 Å². The van der Waals surface area contributed by atoms with Crippen LogP contribution < -0.4 is 10.2 Å².